The predicted octanol–water partition coefficient (Wildman–Crippen LogP) is 4.21. The normalized spacial score (nSPS) is 10.8. The summed E-state index contributed by atoms with van der Waals surface area (Å²) < 4.78 is 7.26. The first-order chi connectivity index (χ1) is 14.1. The zero-order valence-corrected chi connectivity index (χ0v) is 18.1. The van der Waals surface area contributed by atoms with E-state index in [1.54, 1.807) is 7.11 Å². The lowest BCUT2D eigenvalue weighted by Gasteiger charge is -2.18. The summed E-state index contributed by atoms with van der Waals surface area (Å²) in [5.41, 5.74) is 3.07. The van der Waals surface area contributed by atoms with Crippen LogP contribution in [0.5, 0.6) is 5.75 Å². The van der Waals surface area contributed by atoms with Crippen molar-refractivity contribution in [3.05, 3.63) is 54.1 Å². The molecule has 0 aliphatic rings. The van der Waals surface area contributed by atoms with Gasteiger partial charge in [0, 0.05) is 24.3 Å². The highest BCUT2D eigenvalue weighted by Crippen LogP contribution is 2.29. The summed E-state index contributed by atoms with van der Waals surface area (Å²) in [6, 6.07) is 15.9. The lowest BCUT2D eigenvalue weighted by Crippen LogP contribution is -2.31. The highest BCUT2D eigenvalue weighted by Gasteiger charge is 2.18. The second-order valence-corrected chi connectivity index (χ2v) is 7.50. The van der Waals surface area contributed by atoms with E-state index in [1.807, 2.05) is 59.7 Å². The summed E-state index contributed by atoms with van der Waals surface area (Å²) in [6.45, 7) is 7.44. The molecule has 152 valence electrons. The molecule has 0 N–H and O–H groups in total. The summed E-state index contributed by atoms with van der Waals surface area (Å²) >= 11 is 1.41. The number of methoxy groups -OCH3 is 1. The van der Waals surface area contributed by atoms with Gasteiger partial charge in [0.05, 0.1) is 12.9 Å². The number of ether oxygens (including phenoxy) is 1. The van der Waals surface area contributed by atoms with Gasteiger partial charge in [-0.25, -0.2) is 0 Å². The van der Waals surface area contributed by atoms with E-state index in [9.17, 15) is 4.79 Å². The Kier molecular flexibility index (Phi) is 6.93. The zero-order valence-electron chi connectivity index (χ0n) is 17.3. The van der Waals surface area contributed by atoms with Gasteiger partial charge in [-0.1, -0.05) is 29.5 Å². The fourth-order valence-electron chi connectivity index (χ4n) is 3.01. The predicted molar refractivity (Wildman–Crippen MR) is 117 cm³/mol. The Bertz CT molecular complexity index is 948. The van der Waals surface area contributed by atoms with Gasteiger partial charge >= 0.3 is 0 Å². The Morgan fingerprint density at radius 3 is 2.28 bits per heavy atom. The van der Waals surface area contributed by atoms with E-state index in [2.05, 4.69) is 29.3 Å². The third-order valence-electron chi connectivity index (χ3n) is 4.71. The number of aryl methyl sites for hydroxylation is 1. The molecule has 0 radical (unpaired) electrons. The molecule has 0 saturated heterocycles. The van der Waals surface area contributed by atoms with E-state index >= 15 is 0 Å². The van der Waals surface area contributed by atoms with Crippen molar-refractivity contribution >= 4 is 17.7 Å². The highest BCUT2D eigenvalue weighted by molar-refractivity contribution is 7.99. The van der Waals surface area contributed by atoms with Gasteiger partial charge < -0.3 is 9.64 Å². The first-order valence-electron chi connectivity index (χ1n) is 9.64. The molecule has 1 heterocycles. The van der Waals surface area contributed by atoms with Crippen molar-refractivity contribution in [2.24, 2.45) is 0 Å². The second-order valence-electron chi connectivity index (χ2n) is 6.56. The van der Waals surface area contributed by atoms with Crippen LogP contribution in [0.25, 0.3) is 17.1 Å². The van der Waals surface area contributed by atoms with Crippen LogP contribution in [0.3, 0.4) is 0 Å². The van der Waals surface area contributed by atoms with Crippen LogP contribution in [0.15, 0.2) is 53.7 Å². The highest BCUT2D eigenvalue weighted by atomic mass is 32.2. The molecule has 0 unspecified atom stereocenters. The zero-order chi connectivity index (χ0) is 20.8. The molecule has 0 saturated carbocycles. The number of carbonyl (C=O) groups excluding carboxylic acids is 1. The quantitative estimate of drug-likeness (QED) is 0.521. The Balaban J connectivity index is 1.96. The molecule has 3 aromatic rings. The van der Waals surface area contributed by atoms with Gasteiger partial charge in [0.2, 0.25) is 5.91 Å². The maximum Gasteiger partial charge on any atom is 0.233 e. The number of rotatable bonds is 8. The maximum atomic E-state index is 12.5. The Labute approximate surface area is 175 Å². The standard InChI is InChI=1S/C22H26N4O2S/c1-5-25(6-2)20(27)15-29-22-24-23-21(17-9-13-19(28-4)14-10-17)26(22)18-11-7-16(3)8-12-18/h7-14H,5-6,15H2,1-4H3. The van der Waals surface area contributed by atoms with Crippen LogP contribution in [-0.4, -0.2) is 51.5 Å². The molecule has 0 aliphatic heterocycles. The number of hydrogen-bond donors (Lipinski definition) is 0. The van der Waals surface area contributed by atoms with E-state index in [1.165, 1.54) is 17.3 Å². The van der Waals surface area contributed by atoms with Gasteiger partial charge in [-0.15, -0.1) is 10.2 Å². The first kappa shape index (κ1) is 20.9. The van der Waals surface area contributed by atoms with E-state index < -0.39 is 0 Å². The van der Waals surface area contributed by atoms with Crippen LogP contribution in [0.1, 0.15) is 19.4 Å². The van der Waals surface area contributed by atoms with E-state index in [0.717, 1.165) is 22.8 Å². The largest absolute Gasteiger partial charge is 0.497 e. The second kappa shape index (κ2) is 9.60. The number of amides is 1. The van der Waals surface area contributed by atoms with Gasteiger partial charge in [0.1, 0.15) is 5.75 Å². The molecule has 7 heteroatoms. The number of benzene rings is 2. The van der Waals surface area contributed by atoms with Crippen LogP contribution >= 0.6 is 11.8 Å². The summed E-state index contributed by atoms with van der Waals surface area (Å²) in [4.78, 5) is 14.3. The van der Waals surface area contributed by atoms with Crippen molar-refractivity contribution in [2.45, 2.75) is 25.9 Å². The van der Waals surface area contributed by atoms with Crippen LogP contribution in [-0.2, 0) is 4.79 Å². The van der Waals surface area contributed by atoms with Crippen molar-refractivity contribution in [3.8, 4) is 22.8 Å². The Morgan fingerprint density at radius 1 is 1.03 bits per heavy atom. The van der Waals surface area contributed by atoms with Crippen molar-refractivity contribution in [3.63, 3.8) is 0 Å². The van der Waals surface area contributed by atoms with Crippen LogP contribution < -0.4 is 4.74 Å². The summed E-state index contributed by atoms with van der Waals surface area (Å²) in [5, 5.41) is 9.52. The lowest BCUT2D eigenvalue weighted by atomic mass is 10.2. The summed E-state index contributed by atoms with van der Waals surface area (Å²) in [5.74, 6) is 1.95. The average Bonchev–Trinajstić information content (AvgIpc) is 3.17. The van der Waals surface area contributed by atoms with E-state index in [0.29, 0.717) is 24.0 Å². The molecule has 6 nitrogen and oxygen atoms in total. The van der Waals surface area contributed by atoms with Crippen molar-refractivity contribution in [1.29, 1.82) is 0 Å². The van der Waals surface area contributed by atoms with Gasteiger partial charge in [-0.2, -0.15) is 0 Å². The molecule has 3 rings (SSSR count). The Hall–Kier alpha value is -2.80. The summed E-state index contributed by atoms with van der Waals surface area (Å²) in [6.07, 6.45) is 0. The fourth-order valence-corrected chi connectivity index (χ4v) is 3.87. The van der Waals surface area contributed by atoms with E-state index in [4.69, 9.17) is 4.74 Å². The van der Waals surface area contributed by atoms with Gasteiger partial charge in [-0.05, 0) is 57.2 Å². The summed E-state index contributed by atoms with van der Waals surface area (Å²) in [7, 11) is 1.64. The molecule has 2 aromatic carbocycles. The monoisotopic (exact) mass is 410 g/mol. The van der Waals surface area contributed by atoms with Crippen molar-refractivity contribution in [2.75, 3.05) is 26.0 Å². The van der Waals surface area contributed by atoms with Crippen LogP contribution in [0, 0.1) is 6.92 Å². The fraction of sp³-hybridized carbons (Fsp3) is 0.318. The lowest BCUT2D eigenvalue weighted by molar-refractivity contribution is -0.127. The molecule has 1 amide bonds. The topological polar surface area (TPSA) is 60.3 Å². The molecule has 0 fully saturated rings. The number of thioether (sulfide) groups is 1. The number of hydrogen-bond acceptors (Lipinski definition) is 5. The Morgan fingerprint density at radius 2 is 1.69 bits per heavy atom. The molecule has 0 bridgehead atoms. The molecule has 29 heavy (non-hydrogen) atoms. The number of carbonyl (C=O) groups is 1. The van der Waals surface area contributed by atoms with Crippen LogP contribution in [0.2, 0.25) is 0 Å². The third kappa shape index (κ3) is 4.79. The molecule has 0 aliphatic carbocycles. The third-order valence-corrected chi connectivity index (χ3v) is 5.63. The maximum absolute atomic E-state index is 12.5. The van der Waals surface area contributed by atoms with Gasteiger partial charge in [0.25, 0.3) is 0 Å². The van der Waals surface area contributed by atoms with Gasteiger partial charge in [-0.3, -0.25) is 9.36 Å². The number of nitrogens with zero attached hydrogens (tertiary/aromatic N) is 4. The van der Waals surface area contributed by atoms with E-state index in [-0.39, 0.29) is 5.91 Å². The average molecular weight is 411 g/mol. The molecular formula is C22H26N4O2S. The minimum atomic E-state index is 0.101. The molecule has 0 atom stereocenters. The minimum absolute atomic E-state index is 0.101. The SMILES string of the molecule is CCN(CC)C(=O)CSc1nnc(-c2ccc(OC)cc2)n1-c1ccc(C)cc1. The number of aromatic nitrogens is 3. The van der Waals surface area contributed by atoms with Crippen molar-refractivity contribution in [1.82, 2.24) is 19.7 Å². The minimum Gasteiger partial charge on any atom is -0.497 e. The molecular weight excluding hydrogens is 384 g/mol. The smallest absolute Gasteiger partial charge is 0.233 e. The molecule has 0 spiro atoms. The van der Waals surface area contributed by atoms with Gasteiger partial charge in [0.15, 0.2) is 11.0 Å². The van der Waals surface area contributed by atoms with Crippen molar-refractivity contribution < 1.29 is 9.53 Å². The van der Waals surface area contributed by atoms with Crippen LogP contribution in [0.4, 0.5) is 0 Å². The molecule has 1 aromatic heterocycles. The first-order valence-corrected chi connectivity index (χ1v) is 10.6.